The summed E-state index contributed by atoms with van der Waals surface area (Å²) in [6, 6.07) is 7.04. The average molecular weight is 446 g/mol. The van der Waals surface area contributed by atoms with Gasteiger partial charge >= 0.3 is 6.18 Å². The van der Waals surface area contributed by atoms with Gasteiger partial charge in [0, 0.05) is 58.1 Å². The van der Waals surface area contributed by atoms with Gasteiger partial charge in [0.1, 0.15) is 18.0 Å². The quantitative estimate of drug-likeness (QED) is 0.610. The smallest absolute Gasteiger partial charge is 0.356 e. The van der Waals surface area contributed by atoms with Gasteiger partial charge in [-0.25, -0.2) is 9.97 Å². The molecule has 0 saturated carbocycles. The fourth-order valence-corrected chi connectivity index (χ4v) is 4.65. The molecule has 0 amide bonds. The minimum Gasteiger partial charge on any atom is -0.356 e. The Labute approximate surface area is 183 Å². The van der Waals surface area contributed by atoms with E-state index in [1.165, 1.54) is 10.8 Å². The molecule has 1 atom stereocenters. The van der Waals surface area contributed by atoms with Crippen LogP contribution in [0.2, 0.25) is 0 Å². The molecule has 8 nitrogen and oxygen atoms in total. The van der Waals surface area contributed by atoms with Gasteiger partial charge in [0.25, 0.3) is 5.78 Å². The van der Waals surface area contributed by atoms with Crippen LogP contribution < -0.4 is 9.80 Å². The van der Waals surface area contributed by atoms with Gasteiger partial charge in [0.2, 0.25) is 0 Å². The third-order valence-corrected chi connectivity index (χ3v) is 6.23. The maximum atomic E-state index is 13.4. The summed E-state index contributed by atoms with van der Waals surface area (Å²) in [7, 11) is 0. The van der Waals surface area contributed by atoms with Crippen LogP contribution in [0.5, 0.6) is 0 Å². The number of anilines is 2. The van der Waals surface area contributed by atoms with Crippen LogP contribution in [0.4, 0.5) is 24.8 Å². The summed E-state index contributed by atoms with van der Waals surface area (Å²) in [5.41, 5.74) is -0.930. The predicted octanol–water partition coefficient (Wildman–Crippen LogP) is 2.58. The lowest BCUT2D eigenvalue weighted by molar-refractivity contribution is -0.141. The second kappa shape index (κ2) is 8.53. The molecule has 0 radical (unpaired) electrons. The average Bonchev–Trinajstić information content (AvgIpc) is 3.28. The Kier molecular flexibility index (Phi) is 5.58. The van der Waals surface area contributed by atoms with E-state index < -0.39 is 11.9 Å². The first kappa shape index (κ1) is 20.9. The first-order valence-corrected chi connectivity index (χ1v) is 10.9. The van der Waals surface area contributed by atoms with Crippen molar-refractivity contribution in [1.82, 2.24) is 29.5 Å². The van der Waals surface area contributed by atoms with Crippen LogP contribution in [0.3, 0.4) is 0 Å². The maximum Gasteiger partial charge on any atom is 0.433 e. The van der Waals surface area contributed by atoms with E-state index in [2.05, 4.69) is 29.9 Å². The zero-order chi connectivity index (χ0) is 22.1. The van der Waals surface area contributed by atoms with Crippen molar-refractivity contribution < 1.29 is 13.2 Å². The Bertz CT molecular complexity index is 1050. The van der Waals surface area contributed by atoms with E-state index in [0.29, 0.717) is 24.8 Å². The third kappa shape index (κ3) is 4.34. The monoisotopic (exact) mass is 446 g/mol. The van der Waals surface area contributed by atoms with Crippen molar-refractivity contribution in [3.05, 3.63) is 42.5 Å². The summed E-state index contributed by atoms with van der Waals surface area (Å²) >= 11 is 0. The molecule has 0 aliphatic carbocycles. The van der Waals surface area contributed by atoms with Gasteiger partial charge in [0.15, 0.2) is 5.69 Å². The van der Waals surface area contributed by atoms with Crippen molar-refractivity contribution in [2.45, 2.75) is 19.0 Å². The molecule has 2 aliphatic rings. The van der Waals surface area contributed by atoms with E-state index in [4.69, 9.17) is 0 Å². The number of nitrogens with zero attached hydrogens (tertiary/aromatic N) is 8. The molecule has 3 aromatic heterocycles. The molecule has 2 fully saturated rings. The lowest BCUT2D eigenvalue weighted by Gasteiger charge is -2.40. The minimum absolute atomic E-state index is 0.0254. The predicted molar refractivity (Wildman–Crippen MR) is 114 cm³/mol. The highest BCUT2D eigenvalue weighted by Crippen LogP contribution is 2.32. The van der Waals surface area contributed by atoms with Crippen LogP contribution in [-0.4, -0.2) is 75.3 Å². The fourth-order valence-electron chi connectivity index (χ4n) is 4.65. The van der Waals surface area contributed by atoms with Crippen LogP contribution in [0, 0.1) is 5.92 Å². The molecule has 0 aromatic carbocycles. The number of fused-ring (bicyclic) bond motifs is 1. The van der Waals surface area contributed by atoms with Crippen LogP contribution in [0.15, 0.2) is 36.8 Å². The molecule has 32 heavy (non-hydrogen) atoms. The topological polar surface area (TPSA) is 65.7 Å². The van der Waals surface area contributed by atoms with E-state index >= 15 is 0 Å². The number of hydrogen-bond donors (Lipinski definition) is 0. The van der Waals surface area contributed by atoms with Gasteiger partial charge in [-0.15, -0.1) is 0 Å². The van der Waals surface area contributed by atoms with Crippen LogP contribution in [0.25, 0.3) is 5.78 Å². The van der Waals surface area contributed by atoms with Crippen molar-refractivity contribution in [2.75, 3.05) is 55.6 Å². The maximum absolute atomic E-state index is 13.4. The summed E-state index contributed by atoms with van der Waals surface area (Å²) < 4.78 is 41.5. The lowest BCUT2D eigenvalue weighted by atomic mass is 9.97. The summed E-state index contributed by atoms with van der Waals surface area (Å²) in [6.45, 7) is 6.07. The summed E-state index contributed by atoms with van der Waals surface area (Å²) in [4.78, 5) is 18.7. The second-order valence-electron chi connectivity index (χ2n) is 8.40. The minimum atomic E-state index is -4.52. The summed E-state index contributed by atoms with van der Waals surface area (Å²) in [5, 5.41) is 4.11. The highest BCUT2D eigenvalue weighted by Gasteiger charge is 2.35. The Morgan fingerprint density at radius 1 is 1.00 bits per heavy atom. The van der Waals surface area contributed by atoms with Gasteiger partial charge in [-0.2, -0.15) is 27.8 Å². The molecule has 170 valence electrons. The van der Waals surface area contributed by atoms with E-state index in [1.54, 1.807) is 0 Å². The standard InChI is InChI=1S/C21H25F3N8/c22-21(23,24)17-12-19(32-20(28-17)26-15-27-32)31-7-3-4-16(14-31)13-29-8-10-30(11-9-29)18-5-1-2-6-25-18/h1-2,5-6,12,15-16H,3-4,7-11,13-14H2. The normalized spacial score (nSPS) is 20.8. The molecule has 5 heterocycles. The SMILES string of the molecule is FC(F)(F)c1cc(N2CCCC(CN3CCN(c4ccccn4)CC3)C2)n2ncnc2n1. The molecular weight excluding hydrogens is 421 g/mol. The molecule has 5 rings (SSSR count). The number of hydrogen-bond acceptors (Lipinski definition) is 7. The van der Waals surface area contributed by atoms with Crippen LogP contribution >= 0.6 is 0 Å². The number of alkyl halides is 3. The highest BCUT2D eigenvalue weighted by molar-refractivity contribution is 5.48. The van der Waals surface area contributed by atoms with E-state index in [1.807, 2.05) is 29.3 Å². The Hall–Kier alpha value is -2.95. The molecule has 2 aliphatic heterocycles. The largest absolute Gasteiger partial charge is 0.433 e. The van der Waals surface area contributed by atoms with E-state index in [-0.39, 0.29) is 5.78 Å². The van der Waals surface area contributed by atoms with E-state index in [0.717, 1.165) is 57.4 Å². The van der Waals surface area contributed by atoms with Crippen molar-refractivity contribution in [1.29, 1.82) is 0 Å². The molecule has 0 spiro atoms. The zero-order valence-corrected chi connectivity index (χ0v) is 17.6. The Morgan fingerprint density at radius 2 is 1.84 bits per heavy atom. The van der Waals surface area contributed by atoms with Crippen molar-refractivity contribution in [3.63, 3.8) is 0 Å². The fraction of sp³-hybridized carbons (Fsp3) is 0.524. The number of aromatic nitrogens is 5. The molecule has 3 aromatic rings. The van der Waals surface area contributed by atoms with Crippen molar-refractivity contribution >= 4 is 17.4 Å². The Morgan fingerprint density at radius 3 is 2.59 bits per heavy atom. The zero-order valence-electron chi connectivity index (χ0n) is 17.6. The number of piperidine rings is 1. The lowest BCUT2D eigenvalue weighted by Crippen LogP contribution is -2.50. The molecule has 11 heteroatoms. The van der Waals surface area contributed by atoms with Gasteiger partial charge < -0.3 is 9.80 Å². The number of halogens is 3. The van der Waals surface area contributed by atoms with E-state index in [9.17, 15) is 13.2 Å². The highest BCUT2D eigenvalue weighted by atomic mass is 19.4. The molecule has 0 bridgehead atoms. The van der Waals surface area contributed by atoms with Gasteiger partial charge in [-0.1, -0.05) is 6.07 Å². The molecule has 2 saturated heterocycles. The molecular formula is C21H25F3N8. The molecule has 1 unspecified atom stereocenters. The first-order valence-electron chi connectivity index (χ1n) is 10.9. The Balaban J connectivity index is 1.25. The van der Waals surface area contributed by atoms with Gasteiger partial charge in [-0.05, 0) is 30.9 Å². The summed E-state index contributed by atoms with van der Waals surface area (Å²) in [6.07, 6.45) is 0.528. The van der Waals surface area contributed by atoms with Gasteiger partial charge in [0.05, 0.1) is 0 Å². The van der Waals surface area contributed by atoms with Gasteiger partial charge in [-0.3, -0.25) is 4.90 Å². The second-order valence-corrected chi connectivity index (χ2v) is 8.40. The summed E-state index contributed by atoms with van der Waals surface area (Å²) in [5.74, 6) is 1.77. The molecule has 0 N–H and O–H groups in total. The first-order chi connectivity index (χ1) is 15.5. The number of pyridine rings is 1. The van der Waals surface area contributed by atoms with Crippen molar-refractivity contribution in [2.24, 2.45) is 5.92 Å². The number of piperazine rings is 1. The van der Waals surface area contributed by atoms with Crippen molar-refractivity contribution in [3.8, 4) is 0 Å². The third-order valence-electron chi connectivity index (χ3n) is 6.23. The number of rotatable bonds is 4. The van der Waals surface area contributed by atoms with Crippen LogP contribution in [0.1, 0.15) is 18.5 Å². The van der Waals surface area contributed by atoms with Crippen LogP contribution in [-0.2, 0) is 6.18 Å².